The molecule has 11 nitrogen and oxygen atoms in total. The van der Waals surface area contributed by atoms with Gasteiger partial charge < -0.3 is 29.0 Å². The van der Waals surface area contributed by atoms with Crippen molar-refractivity contribution in [3.63, 3.8) is 0 Å². The summed E-state index contributed by atoms with van der Waals surface area (Å²) in [6, 6.07) is 10.1. The molecule has 0 aliphatic rings. The van der Waals surface area contributed by atoms with E-state index >= 15 is 0 Å². The monoisotopic (exact) mass is 483 g/mol. The number of aromatic nitrogens is 1. The third-order valence-electron chi connectivity index (χ3n) is 5.03. The summed E-state index contributed by atoms with van der Waals surface area (Å²) in [6.45, 7) is 0.386. The van der Waals surface area contributed by atoms with Crippen molar-refractivity contribution < 1.29 is 33.4 Å². The molecule has 0 unspecified atom stereocenters. The number of nitrogens with zero attached hydrogens (tertiary/aromatic N) is 2. The van der Waals surface area contributed by atoms with Gasteiger partial charge in [0.1, 0.15) is 12.2 Å². The Morgan fingerprint density at radius 1 is 0.943 bits per heavy atom. The van der Waals surface area contributed by atoms with Gasteiger partial charge in [0.05, 0.1) is 33.4 Å². The average Bonchev–Trinajstić information content (AvgIpc) is 2.89. The molecule has 1 heterocycles. The number of pyridine rings is 1. The molecule has 3 aromatic rings. The predicted molar refractivity (Wildman–Crippen MR) is 125 cm³/mol. The third-order valence-corrected chi connectivity index (χ3v) is 5.03. The van der Waals surface area contributed by atoms with Crippen LogP contribution < -0.4 is 29.0 Å². The lowest BCUT2D eigenvalue weighted by Gasteiger charge is -2.15. The van der Waals surface area contributed by atoms with Crippen molar-refractivity contribution in [2.75, 3.05) is 28.4 Å². The van der Waals surface area contributed by atoms with Crippen LogP contribution >= 0.6 is 0 Å². The van der Waals surface area contributed by atoms with Gasteiger partial charge in [-0.3, -0.25) is 19.9 Å². The van der Waals surface area contributed by atoms with Crippen LogP contribution in [0.2, 0.25) is 0 Å². The molecule has 35 heavy (non-hydrogen) atoms. The molecule has 1 aromatic heterocycles. The first-order valence-electron chi connectivity index (χ1n) is 10.4. The molecule has 0 spiro atoms. The van der Waals surface area contributed by atoms with Crippen molar-refractivity contribution in [1.29, 1.82) is 0 Å². The fraction of sp³-hybridized carbons (Fsp3) is 0.250. The van der Waals surface area contributed by atoms with E-state index in [4.69, 9.17) is 23.7 Å². The van der Waals surface area contributed by atoms with Gasteiger partial charge in [-0.15, -0.1) is 0 Å². The van der Waals surface area contributed by atoms with Crippen molar-refractivity contribution in [3.05, 3.63) is 75.6 Å². The maximum atomic E-state index is 12.9. The molecule has 1 N–H and O–H groups in total. The van der Waals surface area contributed by atoms with E-state index in [1.54, 1.807) is 30.6 Å². The number of nitro benzene ring substituents is 1. The second kappa shape index (κ2) is 11.5. The number of hydrogen-bond donors (Lipinski definition) is 1. The number of carbonyl (C=O) groups excluding carboxylic acids is 1. The van der Waals surface area contributed by atoms with Crippen LogP contribution in [0.3, 0.4) is 0 Å². The summed E-state index contributed by atoms with van der Waals surface area (Å²) in [7, 11) is 5.43. The average molecular weight is 483 g/mol. The third kappa shape index (κ3) is 5.69. The molecule has 0 bridgehead atoms. The highest BCUT2D eigenvalue weighted by Gasteiger charge is 2.32. The van der Waals surface area contributed by atoms with Gasteiger partial charge in [0.2, 0.25) is 11.5 Å². The van der Waals surface area contributed by atoms with Gasteiger partial charge in [0.25, 0.3) is 5.91 Å². The highest BCUT2D eigenvalue weighted by atomic mass is 16.6. The van der Waals surface area contributed by atoms with E-state index in [2.05, 4.69) is 10.3 Å². The summed E-state index contributed by atoms with van der Waals surface area (Å²) in [5.74, 6) is 0.235. The highest BCUT2D eigenvalue weighted by Crippen LogP contribution is 2.46. The number of hydrogen-bond acceptors (Lipinski definition) is 9. The van der Waals surface area contributed by atoms with E-state index in [1.807, 2.05) is 12.1 Å². The Morgan fingerprint density at radius 3 is 2.29 bits per heavy atom. The standard InChI is InChI=1S/C24H25N3O8/c1-31-19-10-15(7-8-18(19)35-14-16-6-5-9-25-12-16)13-26-24(28)17-11-20(32-2)22(33-3)23(34-4)21(17)27(29)30/h5-12H,13-14H2,1-4H3,(H,26,28). The summed E-state index contributed by atoms with van der Waals surface area (Å²) < 4.78 is 26.8. The zero-order valence-corrected chi connectivity index (χ0v) is 19.7. The first-order valence-corrected chi connectivity index (χ1v) is 10.4. The van der Waals surface area contributed by atoms with E-state index in [1.165, 1.54) is 34.5 Å². The lowest BCUT2D eigenvalue weighted by atomic mass is 10.1. The fourth-order valence-corrected chi connectivity index (χ4v) is 3.36. The molecule has 11 heteroatoms. The van der Waals surface area contributed by atoms with Gasteiger partial charge in [-0.2, -0.15) is 0 Å². The lowest BCUT2D eigenvalue weighted by Crippen LogP contribution is -2.24. The van der Waals surface area contributed by atoms with Crippen LogP contribution in [0, 0.1) is 10.1 Å². The number of nitrogens with one attached hydrogen (secondary N) is 1. The molecule has 2 aromatic carbocycles. The van der Waals surface area contributed by atoms with E-state index < -0.39 is 16.5 Å². The Labute approximate surface area is 201 Å². The molecule has 184 valence electrons. The minimum absolute atomic E-state index is 0.0184. The Kier molecular flexibility index (Phi) is 8.28. The smallest absolute Gasteiger partial charge is 0.327 e. The van der Waals surface area contributed by atoms with E-state index in [9.17, 15) is 14.9 Å². The quantitative estimate of drug-likeness (QED) is 0.321. The van der Waals surface area contributed by atoms with Crippen molar-refractivity contribution in [3.8, 4) is 28.7 Å². The summed E-state index contributed by atoms with van der Waals surface area (Å²) in [6.07, 6.45) is 3.39. The summed E-state index contributed by atoms with van der Waals surface area (Å²) in [4.78, 5) is 28.0. The molecule has 1 amide bonds. The van der Waals surface area contributed by atoms with Crippen LogP contribution in [0.5, 0.6) is 28.7 Å². The van der Waals surface area contributed by atoms with Crippen LogP contribution in [0.15, 0.2) is 48.8 Å². The number of nitro groups is 1. The highest BCUT2D eigenvalue weighted by molar-refractivity contribution is 6.00. The Balaban J connectivity index is 1.79. The zero-order valence-electron chi connectivity index (χ0n) is 19.7. The first kappa shape index (κ1) is 25.1. The first-order chi connectivity index (χ1) is 16.9. The van der Waals surface area contributed by atoms with Gasteiger partial charge in [0, 0.05) is 30.6 Å². The molecule has 0 fully saturated rings. The van der Waals surface area contributed by atoms with Gasteiger partial charge in [-0.1, -0.05) is 12.1 Å². The number of benzene rings is 2. The van der Waals surface area contributed by atoms with E-state index in [-0.39, 0.29) is 29.4 Å². The minimum Gasteiger partial charge on any atom is -0.493 e. The Hall–Kier alpha value is -4.54. The van der Waals surface area contributed by atoms with Gasteiger partial charge in [-0.25, -0.2) is 0 Å². The van der Waals surface area contributed by atoms with Gasteiger partial charge in [0.15, 0.2) is 17.2 Å². The van der Waals surface area contributed by atoms with Gasteiger partial charge >= 0.3 is 5.69 Å². The number of rotatable bonds is 11. The molecule has 0 aliphatic carbocycles. The Morgan fingerprint density at radius 2 is 1.69 bits per heavy atom. The second-order valence-electron chi connectivity index (χ2n) is 7.12. The molecular weight excluding hydrogens is 458 g/mol. The zero-order chi connectivity index (χ0) is 25.4. The van der Waals surface area contributed by atoms with Crippen molar-refractivity contribution in [2.45, 2.75) is 13.2 Å². The molecular formula is C24H25N3O8. The minimum atomic E-state index is -0.701. The van der Waals surface area contributed by atoms with Crippen molar-refractivity contribution >= 4 is 11.6 Å². The SMILES string of the molecule is COc1cc(CNC(=O)c2cc(OC)c(OC)c(OC)c2[N+](=O)[O-])ccc1OCc1cccnc1. The van der Waals surface area contributed by atoms with Crippen LogP contribution in [0.4, 0.5) is 5.69 Å². The molecule has 0 aliphatic heterocycles. The maximum absolute atomic E-state index is 12.9. The molecule has 0 saturated carbocycles. The molecule has 0 saturated heterocycles. The summed E-state index contributed by atoms with van der Waals surface area (Å²) in [5.41, 5.74) is 0.837. The van der Waals surface area contributed by atoms with Gasteiger partial charge in [-0.05, 0) is 23.8 Å². The van der Waals surface area contributed by atoms with Crippen molar-refractivity contribution in [1.82, 2.24) is 10.3 Å². The van der Waals surface area contributed by atoms with Crippen LogP contribution in [0.1, 0.15) is 21.5 Å². The number of carbonyl (C=O) groups is 1. The summed E-state index contributed by atoms with van der Waals surface area (Å²) in [5, 5.41) is 14.4. The summed E-state index contributed by atoms with van der Waals surface area (Å²) >= 11 is 0. The van der Waals surface area contributed by atoms with Crippen LogP contribution in [-0.4, -0.2) is 44.3 Å². The molecule has 0 atom stereocenters. The molecule has 0 radical (unpaired) electrons. The van der Waals surface area contributed by atoms with E-state index in [0.29, 0.717) is 23.7 Å². The number of methoxy groups -OCH3 is 4. The predicted octanol–water partition coefficient (Wildman–Crippen LogP) is 3.53. The van der Waals surface area contributed by atoms with Crippen molar-refractivity contribution in [2.24, 2.45) is 0 Å². The maximum Gasteiger partial charge on any atom is 0.327 e. The normalized spacial score (nSPS) is 10.3. The largest absolute Gasteiger partial charge is 0.493 e. The van der Waals surface area contributed by atoms with Crippen LogP contribution in [-0.2, 0) is 13.2 Å². The Bertz CT molecular complexity index is 1200. The second-order valence-corrected chi connectivity index (χ2v) is 7.12. The molecule has 3 rings (SSSR count). The number of amides is 1. The lowest BCUT2D eigenvalue weighted by molar-refractivity contribution is -0.386. The fourth-order valence-electron chi connectivity index (χ4n) is 3.36. The number of ether oxygens (including phenoxy) is 5. The topological polar surface area (TPSA) is 131 Å². The van der Waals surface area contributed by atoms with E-state index in [0.717, 1.165) is 5.56 Å². The van der Waals surface area contributed by atoms with Crippen LogP contribution in [0.25, 0.3) is 0 Å².